The number of ether oxygens (including phenoxy) is 1. The quantitative estimate of drug-likeness (QED) is 0.575. The fourth-order valence-corrected chi connectivity index (χ4v) is 3.70. The van der Waals surface area contributed by atoms with Crippen LogP contribution in [-0.2, 0) is 5.41 Å². The Morgan fingerprint density at radius 1 is 1.13 bits per heavy atom. The average Bonchev–Trinajstić information content (AvgIpc) is 3.33. The molecule has 0 spiro atoms. The van der Waals surface area contributed by atoms with Crippen molar-refractivity contribution in [2.75, 3.05) is 7.11 Å². The number of H-pyrrole nitrogens is 1. The van der Waals surface area contributed by atoms with Gasteiger partial charge in [-0.25, -0.2) is 9.97 Å². The van der Waals surface area contributed by atoms with Crippen LogP contribution in [0, 0.1) is 5.92 Å². The van der Waals surface area contributed by atoms with E-state index < -0.39 is 17.7 Å². The SMILES string of the molecule is COc1nc(C2C(C(F)(F)F)=CC=CC2C)cc2[nH]c(-c3cc(C(C)(C)C)no3)nc12. The molecule has 3 aromatic heterocycles. The Morgan fingerprint density at radius 3 is 2.48 bits per heavy atom. The molecule has 9 heteroatoms. The van der Waals surface area contributed by atoms with Crippen molar-refractivity contribution >= 4 is 11.0 Å². The number of rotatable bonds is 3. The van der Waals surface area contributed by atoms with Crippen LogP contribution in [0.3, 0.4) is 0 Å². The van der Waals surface area contributed by atoms with Crippen molar-refractivity contribution in [3.05, 3.63) is 47.3 Å². The van der Waals surface area contributed by atoms with Gasteiger partial charge < -0.3 is 14.2 Å². The molecule has 3 aromatic rings. The number of aromatic nitrogens is 4. The smallest absolute Gasteiger partial charge is 0.413 e. The highest BCUT2D eigenvalue weighted by Gasteiger charge is 2.42. The Labute approximate surface area is 177 Å². The topological polar surface area (TPSA) is 76.8 Å². The maximum Gasteiger partial charge on any atom is 0.413 e. The van der Waals surface area contributed by atoms with Crippen LogP contribution in [0.1, 0.15) is 45.0 Å². The molecule has 0 amide bonds. The molecule has 2 unspecified atom stereocenters. The van der Waals surface area contributed by atoms with Gasteiger partial charge in [-0.15, -0.1) is 0 Å². The van der Waals surface area contributed by atoms with Crippen LogP contribution in [0.2, 0.25) is 0 Å². The van der Waals surface area contributed by atoms with Crippen molar-refractivity contribution in [1.82, 2.24) is 20.1 Å². The number of fused-ring (bicyclic) bond motifs is 1. The number of nitrogens with one attached hydrogen (secondary N) is 1. The van der Waals surface area contributed by atoms with E-state index in [-0.39, 0.29) is 22.9 Å². The minimum absolute atomic E-state index is 0.147. The summed E-state index contributed by atoms with van der Waals surface area (Å²) >= 11 is 0. The van der Waals surface area contributed by atoms with Crippen LogP contribution < -0.4 is 4.74 Å². The molecule has 0 radical (unpaired) electrons. The number of nitrogens with zero attached hydrogens (tertiary/aromatic N) is 3. The van der Waals surface area contributed by atoms with E-state index in [1.54, 1.807) is 25.1 Å². The monoisotopic (exact) mass is 432 g/mol. The first-order chi connectivity index (χ1) is 14.5. The molecule has 31 heavy (non-hydrogen) atoms. The summed E-state index contributed by atoms with van der Waals surface area (Å²) in [4.78, 5) is 12.0. The lowest BCUT2D eigenvalue weighted by Crippen LogP contribution is -2.25. The predicted molar refractivity (Wildman–Crippen MR) is 110 cm³/mol. The van der Waals surface area contributed by atoms with E-state index in [1.807, 2.05) is 20.8 Å². The van der Waals surface area contributed by atoms with Gasteiger partial charge >= 0.3 is 6.18 Å². The van der Waals surface area contributed by atoms with Crippen molar-refractivity contribution < 1.29 is 22.4 Å². The number of hydrogen-bond acceptors (Lipinski definition) is 5. The zero-order valence-electron chi connectivity index (χ0n) is 17.8. The number of aromatic amines is 1. The average molecular weight is 432 g/mol. The van der Waals surface area contributed by atoms with Crippen LogP contribution in [0.15, 0.2) is 40.5 Å². The third kappa shape index (κ3) is 3.84. The van der Waals surface area contributed by atoms with Gasteiger partial charge in [0.2, 0.25) is 11.6 Å². The van der Waals surface area contributed by atoms with Crippen molar-refractivity contribution in [3.63, 3.8) is 0 Å². The molecular formula is C22H23F3N4O2. The highest BCUT2D eigenvalue weighted by molar-refractivity contribution is 5.83. The number of alkyl halides is 3. The third-order valence-corrected chi connectivity index (χ3v) is 5.36. The van der Waals surface area contributed by atoms with Gasteiger partial charge in [0.05, 0.1) is 24.0 Å². The Hall–Kier alpha value is -3.10. The Kier molecular flexibility index (Phi) is 4.94. The van der Waals surface area contributed by atoms with Crippen molar-refractivity contribution in [2.45, 2.75) is 45.2 Å². The molecular weight excluding hydrogens is 409 g/mol. The minimum atomic E-state index is -4.46. The highest BCUT2D eigenvalue weighted by atomic mass is 19.4. The van der Waals surface area contributed by atoms with Crippen LogP contribution in [-0.4, -0.2) is 33.4 Å². The Bertz CT molecular complexity index is 1180. The molecule has 4 rings (SSSR count). The van der Waals surface area contributed by atoms with Gasteiger partial charge in [-0.1, -0.05) is 51.1 Å². The van der Waals surface area contributed by atoms with E-state index in [0.29, 0.717) is 22.6 Å². The second kappa shape index (κ2) is 7.25. The molecule has 0 fully saturated rings. The molecule has 0 aromatic carbocycles. The van der Waals surface area contributed by atoms with Crippen molar-refractivity contribution in [1.29, 1.82) is 0 Å². The van der Waals surface area contributed by atoms with E-state index in [0.717, 1.165) is 11.8 Å². The molecule has 164 valence electrons. The lowest BCUT2D eigenvalue weighted by Gasteiger charge is -2.28. The number of methoxy groups -OCH3 is 1. The van der Waals surface area contributed by atoms with E-state index in [4.69, 9.17) is 9.26 Å². The molecule has 0 saturated carbocycles. The largest absolute Gasteiger partial charge is 0.479 e. The van der Waals surface area contributed by atoms with Gasteiger partial charge in [0.25, 0.3) is 0 Å². The standard InChI is InChI=1S/C22H23F3N4O2/c1-11-7-6-8-12(22(23,24)25)17(11)13-9-14-18(20(27-13)30-5)28-19(26-14)15-10-16(29-31-15)21(2,3)4/h6-11,17H,1-5H3,(H,26,28). The van der Waals surface area contributed by atoms with Crippen molar-refractivity contribution in [2.24, 2.45) is 5.92 Å². The fourth-order valence-electron chi connectivity index (χ4n) is 3.70. The fraction of sp³-hybridized carbons (Fsp3) is 0.409. The summed E-state index contributed by atoms with van der Waals surface area (Å²) in [7, 11) is 1.41. The van der Waals surface area contributed by atoms with Gasteiger partial charge in [-0.05, 0) is 12.0 Å². The van der Waals surface area contributed by atoms with E-state index in [2.05, 4.69) is 20.1 Å². The molecule has 1 N–H and O–H groups in total. The molecule has 1 aliphatic rings. The summed E-state index contributed by atoms with van der Waals surface area (Å²) in [6.07, 6.45) is -0.191. The van der Waals surface area contributed by atoms with Crippen LogP contribution >= 0.6 is 0 Å². The number of halogens is 3. The van der Waals surface area contributed by atoms with Crippen LogP contribution in [0.4, 0.5) is 13.2 Å². The lowest BCUT2D eigenvalue weighted by molar-refractivity contribution is -0.0973. The van der Waals surface area contributed by atoms with E-state index in [1.165, 1.54) is 13.2 Å². The minimum Gasteiger partial charge on any atom is -0.479 e. The molecule has 0 aliphatic heterocycles. The van der Waals surface area contributed by atoms with Gasteiger partial charge in [0.15, 0.2) is 11.3 Å². The second-order valence-electron chi connectivity index (χ2n) is 8.71. The molecule has 0 bridgehead atoms. The van der Waals surface area contributed by atoms with Gasteiger partial charge in [0.1, 0.15) is 0 Å². The zero-order chi connectivity index (χ0) is 22.6. The molecule has 2 atom stereocenters. The number of imidazole rings is 1. The van der Waals surface area contributed by atoms with Gasteiger partial charge in [0, 0.05) is 23.0 Å². The number of allylic oxidation sites excluding steroid dienone is 4. The Balaban J connectivity index is 1.82. The summed E-state index contributed by atoms with van der Waals surface area (Å²) in [6, 6.07) is 3.38. The lowest BCUT2D eigenvalue weighted by atomic mass is 9.80. The zero-order valence-corrected chi connectivity index (χ0v) is 17.8. The molecule has 3 heterocycles. The summed E-state index contributed by atoms with van der Waals surface area (Å²) < 4.78 is 51.8. The summed E-state index contributed by atoms with van der Waals surface area (Å²) in [6.45, 7) is 7.77. The van der Waals surface area contributed by atoms with Crippen LogP contribution in [0.25, 0.3) is 22.6 Å². The summed E-state index contributed by atoms with van der Waals surface area (Å²) in [5.41, 5.74) is 1.09. The first kappa shape index (κ1) is 21.1. The highest BCUT2D eigenvalue weighted by Crippen LogP contribution is 2.44. The third-order valence-electron chi connectivity index (χ3n) is 5.36. The number of hydrogen-bond donors (Lipinski definition) is 1. The second-order valence-corrected chi connectivity index (χ2v) is 8.71. The first-order valence-corrected chi connectivity index (χ1v) is 9.87. The molecule has 0 saturated heterocycles. The maximum atomic E-state index is 13.7. The molecule has 6 nitrogen and oxygen atoms in total. The normalized spacial score (nSPS) is 19.7. The maximum absolute atomic E-state index is 13.7. The summed E-state index contributed by atoms with van der Waals surface area (Å²) in [5, 5.41) is 4.09. The van der Waals surface area contributed by atoms with E-state index in [9.17, 15) is 13.2 Å². The van der Waals surface area contributed by atoms with Gasteiger partial charge in [-0.2, -0.15) is 13.2 Å². The predicted octanol–water partition coefficient (Wildman–Crippen LogP) is 5.70. The van der Waals surface area contributed by atoms with E-state index >= 15 is 0 Å². The molecule has 1 aliphatic carbocycles. The Morgan fingerprint density at radius 2 is 1.87 bits per heavy atom. The summed E-state index contributed by atoms with van der Waals surface area (Å²) in [5.74, 6) is -0.364. The van der Waals surface area contributed by atoms with Gasteiger partial charge in [-0.3, -0.25) is 0 Å². The number of pyridine rings is 1. The van der Waals surface area contributed by atoms with Crippen LogP contribution in [0.5, 0.6) is 5.88 Å². The first-order valence-electron chi connectivity index (χ1n) is 9.87. The van der Waals surface area contributed by atoms with Crippen molar-refractivity contribution in [3.8, 4) is 17.5 Å².